The number of amides is 2. The van der Waals surface area contributed by atoms with E-state index in [1.807, 2.05) is 13.8 Å². The van der Waals surface area contributed by atoms with E-state index in [0.29, 0.717) is 5.69 Å². The maximum Gasteiger partial charge on any atom is 0.335 e. The number of carboxylic acid groups (broad SMARTS) is 1. The van der Waals surface area contributed by atoms with Crippen LogP contribution >= 0.6 is 0 Å². The van der Waals surface area contributed by atoms with Crippen molar-refractivity contribution in [1.29, 1.82) is 0 Å². The van der Waals surface area contributed by atoms with Crippen molar-refractivity contribution in [2.24, 2.45) is 11.3 Å². The van der Waals surface area contributed by atoms with E-state index in [1.165, 1.54) is 24.3 Å². The Balaban J connectivity index is 2.36. The molecule has 1 aliphatic heterocycles. The number of hydrogen-bond acceptors (Lipinski definition) is 3. The highest BCUT2D eigenvalue weighted by molar-refractivity contribution is 6.22. The summed E-state index contributed by atoms with van der Waals surface area (Å²) >= 11 is 0. The van der Waals surface area contributed by atoms with E-state index in [9.17, 15) is 14.4 Å². The van der Waals surface area contributed by atoms with Crippen LogP contribution in [0.15, 0.2) is 24.3 Å². The van der Waals surface area contributed by atoms with Gasteiger partial charge in [0.25, 0.3) is 0 Å². The molecular weight excluding hydrogens is 258 g/mol. The second-order valence-corrected chi connectivity index (χ2v) is 5.64. The van der Waals surface area contributed by atoms with Crippen LogP contribution in [-0.4, -0.2) is 22.9 Å². The van der Waals surface area contributed by atoms with Crippen molar-refractivity contribution < 1.29 is 19.5 Å². The molecule has 0 radical (unpaired) electrons. The molecule has 2 rings (SSSR count). The van der Waals surface area contributed by atoms with Crippen molar-refractivity contribution >= 4 is 23.5 Å². The summed E-state index contributed by atoms with van der Waals surface area (Å²) in [5.74, 6) is -1.44. The molecule has 1 heterocycles. The third-order valence-corrected chi connectivity index (χ3v) is 4.11. The second kappa shape index (κ2) is 4.74. The van der Waals surface area contributed by atoms with Gasteiger partial charge in [-0.25, -0.2) is 4.79 Å². The zero-order valence-corrected chi connectivity index (χ0v) is 11.7. The quantitative estimate of drug-likeness (QED) is 0.859. The van der Waals surface area contributed by atoms with E-state index in [-0.39, 0.29) is 29.7 Å². The van der Waals surface area contributed by atoms with Gasteiger partial charge in [-0.15, -0.1) is 0 Å². The highest BCUT2D eigenvalue weighted by Crippen LogP contribution is 2.41. The average molecular weight is 275 g/mol. The van der Waals surface area contributed by atoms with Crippen molar-refractivity contribution in [1.82, 2.24) is 0 Å². The largest absolute Gasteiger partial charge is 0.478 e. The van der Waals surface area contributed by atoms with Gasteiger partial charge in [-0.05, 0) is 37.1 Å². The van der Waals surface area contributed by atoms with Gasteiger partial charge < -0.3 is 5.11 Å². The molecule has 1 atom stereocenters. The van der Waals surface area contributed by atoms with Crippen molar-refractivity contribution in [2.45, 2.75) is 27.2 Å². The third-order valence-electron chi connectivity index (χ3n) is 4.11. The molecule has 5 nitrogen and oxygen atoms in total. The Hall–Kier alpha value is -2.17. The normalized spacial score (nSPS) is 22.7. The predicted octanol–water partition coefficient (Wildman–Crippen LogP) is 2.31. The van der Waals surface area contributed by atoms with Gasteiger partial charge >= 0.3 is 5.97 Å². The fraction of sp³-hybridized carbons (Fsp3) is 0.400. The molecule has 0 aromatic heterocycles. The summed E-state index contributed by atoms with van der Waals surface area (Å²) in [6.07, 6.45) is 0.185. The lowest BCUT2D eigenvalue weighted by Crippen LogP contribution is -2.36. The highest BCUT2D eigenvalue weighted by atomic mass is 16.4. The molecule has 20 heavy (non-hydrogen) atoms. The first-order valence-electron chi connectivity index (χ1n) is 6.48. The minimum atomic E-state index is -1.04. The minimum Gasteiger partial charge on any atom is -0.478 e. The van der Waals surface area contributed by atoms with Gasteiger partial charge in [0, 0.05) is 6.42 Å². The molecule has 1 fully saturated rings. The number of anilines is 1. The number of nitrogens with zero attached hydrogens (tertiary/aromatic N) is 1. The Bertz CT molecular complexity index is 576. The van der Waals surface area contributed by atoms with Gasteiger partial charge in [0.05, 0.1) is 16.7 Å². The van der Waals surface area contributed by atoms with Crippen LogP contribution in [0.5, 0.6) is 0 Å². The van der Waals surface area contributed by atoms with E-state index in [0.717, 1.165) is 4.90 Å². The fourth-order valence-electron chi connectivity index (χ4n) is 2.30. The van der Waals surface area contributed by atoms with Crippen LogP contribution in [0.3, 0.4) is 0 Å². The van der Waals surface area contributed by atoms with Gasteiger partial charge in [0.2, 0.25) is 11.8 Å². The molecule has 106 valence electrons. The molecule has 2 amide bonds. The van der Waals surface area contributed by atoms with Crippen LogP contribution in [0.2, 0.25) is 0 Å². The van der Waals surface area contributed by atoms with Crippen LogP contribution in [-0.2, 0) is 9.59 Å². The molecule has 0 spiro atoms. The number of benzene rings is 1. The van der Waals surface area contributed by atoms with Crippen molar-refractivity contribution in [3.8, 4) is 0 Å². The van der Waals surface area contributed by atoms with E-state index < -0.39 is 11.4 Å². The molecular formula is C15H17NO4. The number of carbonyl (C=O) groups excluding carboxylic acids is 2. The van der Waals surface area contributed by atoms with E-state index >= 15 is 0 Å². The monoisotopic (exact) mass is 275 g/mol. The predicted molar refractivity (Wildman–Crippen MR) is 73.5 cm³/mol. The summed E-state index contributed by atoms with van der Waals surface area (Å²) in [6, 6.07) is 5.77. The number of rotatable bonds is 3. The molecule has 1 N–H and O–H groups in total. The minimum absolute atomic E-state index is 0.0576. The Morgan fingerprint density at radius 3 is 2.20 bits per heavy atom. The van der Waals surface area contributed by atoms with Crippen molar-refractivity contribution in [2.75, 3.05) is 4.90 Å². The summed E-state index contributed by atoms with van der Waals surface area (Å²) < 4.78 is 0. The molecule has 1 aliphatic rings. The van der Waals surface area contributed by atoms with Gasteiger partial charge in [0.1, 0.15) is 0 Å². The Morgan fingerprint density at radius 1 is 1.25 bits per heavy atom. The van der Waals surface area contributed by atoms with E-state index in [1.54, 1.807) is 6.92 Å². The zero-order chi connectivity index (χ0) is 15.1. The molecule has 5 heteroatoms. The van der Waals surface area contributed by atoms with Gasteiger partial charge in [-0.2, -0.15) is 0 Å². The summed E-state index contributed by atoms with van der Waals surface area (Å²) in [4.78, 5) is 36.6. The van der Waals surface area contributed by atoms with Crippen LogP contribution < -0.4 is 4.90 Å². The van der Waals surface area contributed by atoms with Crippen molar-refractivity contribution in [3.63, 3.8) is 0 Å². The lowest BCUT2D eigenvalue weighted by atomic mass is 9.78. The lowest BCUT2D eigenvalue weighted by Gasteiger charge is -2.26. The Labute approximate surface area is 117 Å². The summed E-state index contributed by atoms with van der Waals surface area (Å²) in [7, 11) is 0. The van der Waals surface area contributed by atoms with E-state index in [2.05, 4.69) is 0 Å². The fourth-order valence-corrected chi connectivity index (χ4v) is 2.30. The van der Waals surface area contributed by atoms with E-state index in [4.69, 9.17) is 5.11 Å². The summed E-state index contributed by atoms with van der Waals surface area (Å²) in [5, 5.41) is 8.85. The van der Waals surface area contributed by atoms with Crippen molar-refractivity contribution in [3.05, 3.63) is 29.8 Å². The molecule has 0 bridgehead atoms. The average Bonchev–Trinajstić information content (AvgIpc) is 2.61. The zero-order valence-electron chi connectivity index (χ0n) is 11.7. The number of aromatic carboxylic acids is 1. The van der Waals surface area contributed by atoms with Crippen LogP contribution in [0.4, 0.5) is 5.69 Å². The molecule has 1 aromatic rings. The molecule has 1 saturated heterocycles. The maximum atomic E-state index is 12.5. The summed E-state index contributed by atoms with van der Waals surface area (Å²) in [5.41, 5.74) is -0.142. The topological polar surface area (TPSA) is 74.7 Å². The number of imide groups is 1. The maximum absolute atomic E-state index is 12.5. The van der Waals surface area contributed by atoms with Crippen LogP contribution in [0.25, 0.3) is 0 Å². The second-order valence-electron chi connectivity index (χ2n) is 5.64. The Kier molecular flexibility index (Phi) is 3.38. The SMILES string of the molecule is CC(C)C1(C)CC(=O)N(c2ccc(C(=O)O)cc2)C1=O. The lowest BCUT2D eigenvalue weighted by molar-refractivity contribution is -0.126. The molecule has 0 saturated carbocycles. The summed E-state index contributed by atoms with van der Waals surface area (Å²) in [6.45, 7) is 5.63. The molecule has 1 aromatic carbocycles. The number of hydrogen-bond donors (Lipinski definition) is 1. The Morgan fingerprint density at radius 2 is 1.80 bits per heavy atom. The van der Waals surface area contributed by atoms with Gasteiger partial charge in [0.15, 0.2) is 0 Å². The number of carbonyl (C=O) groups is 3. The van der Waals surface area contributed by atoms with Crippen LogP contribution in [0, 0.1) is 11.3 Å². The molecule has 1 unspecified atom stereocenters. The third kappa shape index (κ3) is 2.09. The van der Waals surface area contributed by atoms with Gasteiger partial charge in [-0.1, -0.05) is 13.8 Å². The first kappa shape index (κ1) is 14.2. The first-order chi connectivity index (χ1) is 9.27. The highest BCUT2D eigenvalue weighted by Gasteiger charge is 2.50. The van der Waals surface area contributed by atoms with Crippen LogP contribution in [0.1, 0.15) is 37.6 Å². The molecule has 0 aliphatic carbocycles. The standard InChI is InChI=1S/C15H17NO4/c1-9(2)15(3)8-12(17)16(14(15)20)11-6-4-10(5-7-11)13(18)19/h4-7,9H,8H2,1-3H3,(H,18,19). The van der Waals surface area contributed by atoms with Gasteiger partial charge in [-0.3, -0.25) is 14.5 Å². The number of carboxylic acids is 1. The first-order valence-corrected chi connectivity index (χ1v) is 6.48. The smallest absolute Gasteiger partial charge is 0.335 e.